The van der Waals surface area contributed by atoms with Crippen molar-refractivity contribution >= 4 is 11.8 Å². The van der Waals surface area contributed by atoms with Gasteiger partial charge < -0.3 is 11.1 Å². The zero-order valence-electron chi connectivity index (χ0n) is 13.6. The minimum absolute atomic E-state index is 0.144. The summed E-state index contributed by atoms with van der Waals surface area (Å²) in [6.45, 7) is 1.74. The standard InChI is InChI=1S/C18H17N5O2/c1-12-15(21-22-23(12)14-10-6-3-7-11-14)18(25)20-16(17(19)24)13-8-4-2-5-9-13/h2-11,16H,1H3,(H2,19,24)(H,20,25). The van der Waals surface area contributed by atoms with Crippen LogP contribution < -0.4 is 11.1 Å². The minimum Gasteiger partial charge on any atom is -0.368 e. The zero-order valence-corrected chi connectivity index (χ0v) is 13.6. The number of hydrogen-bond acceptors (Lipinski definition) is 4. The minimum atomic E-state index is -0.935. The smallest absolute Gasteiger partial charge is 0.274 e. The topological polar surface area (TPSA) is 103 Å². The van der Waals surface area contributed by atoms with E-state index in [1.165, 1.54) is 0 Å². The fraction of sp³-hybridized carbons (Fsp3) is 0.111. The monoisotopic (exact) mass is 335 g/mol. The van der Waals surface area contributed by atoms with Gasteiger partial charge in [-0.2, -0.15) is 0 Å². The first-order chi connectivity index (χ1) is 12.1. The molecule has 3 aromatic rings. The van der Waals surface area contributed by atoms with E-state index in [0.717, 1.165) is 5.69 Å². The number of benzene rings is 2. The molecule has 3 rings (SSSR count). The van der Waals surface area contributed by atoms with E-state index in [9.17, 15) is 9.59 Å². The lowest BCUT2D eigenvalue weighted by atomic mass is 10.1. The molecule has 7 heteroatoms. The molecule has 126 valence electrons. The van der Waals surface area contributed by atoms with Gasteiger partial charge in [-0.15, -0.1) is 5.10 Å². The first-order valence-corrected chi connectivity index (χ1v) is 7.71. The molecule has 0 aliphatic rings. The number of primary amides is 1. The molecule has 0 saturated heterocycles. The predicted molar refractivity (Wildman–Crippen MR) is 91.9 cm³/mol. The van der Waals surface area contributed by atoms with Crippen molar-refractivity contribution in [3.63, 3.8) is 0 Å². The van der Waals surface area contributed by atoms with Gasteiger partial charge in [0.05, 0.1) is 11.4 Å². The average molecular weight is 335 g/mol. The van der Waals surface area contributed by atoms with Crippen molar-refractivity contribution in [2.24, 2.45) is 5.73 Å². The molecule has 0 radical (unpaired) electrons. The third-order valence-electron chi connectivity index (χ3n) is 3.80. The number of para-hydroxylation sites is 1. The highest BCUT2D eigenvalue weighted by Gasteiger charge is 2.24. The molecule has 0 aliphatic carbocycles. The fourth-order valence-electron chi connectivity index (χ4n) is 2.52. The van der Waals surface area contributed by atoms with Gasteiger partial charge in [0.1, 0.15) is 6.04 Å². The van der Waals surface area contributed by atoms with Crippen LogP contribution in [0.2, 0.25) is 0 Å². The molecule has 2 amide bonds. The first-order valence-electron chi connectivity index (χ1n) is 7.71. The van der Waals surface area contributed by atoms with E-state index in [1.54, 1.807) is 35.9 Å². The molecule has 0 fully saturated rings. The van der Waals surface area contributed by atoms with Crippen molar-refractivity contribution in [2.75, 3.05) is 0 Å². The lowest BCUT2D eigenvalue weighted by Crippen LogP contribution is -2.37. The summed E-state index contributed by atoms with van der Waals surface area (Å²) in [5.41, 5.74) is 7.55. The van der Waals surface area contributed by atoms with Crippen LogP contribution in [-0.4, -0.2) is 26.8 Å². The summed E-state index contributed by atoms with van der Waals surface area (Å²) in [4.78, 5) is 24.3. The van der Waals surface area contributed by atoms with Crippen LogP contribution in [0.4, 0.5) is 0 Å². The van der Waals surface area contributed by atoms with Gasteiger partial charge in [-0.25, -0.2) is 4.68 Å². The number of aromatic nitrogens is 3. The predicted octanol–water partition coefficient (Wildman–Crippen LogP) is 1.53. The number of carbonyl (C=O) groups excluding carboxylic acids is 2. The number of nitrogens with two attached hydrogens (primary N) is 1. The fourth-order valence-corrected chi connectivity index (χ4v) is 2.52. The number of amides is 2. The molecule has 0 aliphatic heterocycles. The molecule has 1 unspecified atom stereocenters. The van der Waals surface area contributed by atoms with Crippen LogP contribution in [0.15, 0.2) is 60.7 Å². The summed E-state index contributed by atoms with van der Waals surface area (Å²) in [7, 11) is 0. The molecule has 0 spiro atoms. The third-order valence-corrected chi connectivity index (χ3v) is 3.80. The van der Waals surface area contributed by atoms with Crippen LogP contribution in [0.5, 0.6) is 0 Å². The summed E-state index contributed by atoms with van der Waals surface area (Å²) in [5.74, 6) is -1.15. The number of hydrogen-bond donors (Lipinski definition) is 2. The van der Waals surface area contributed by atoms with Crippen molar-refractivity contribution in [1.29, 1.82) is 0 Å². The van der Waals surface area contributed by atoms with Gasteiger partial charge in [0.15, 0.2) is 5.69 Å². The molecule has 1 heterocycles. The van der Waals surface area contributed by atoms with Gasteiger partial charge in [0, 0.05) is 0 Å². The summed E-state index contributed by atoms with van der Waals surface area (Å²) in [6.07, 6.45) is 0. The van der Waals surface area contributed by atoms with Crippen LogP contribution in [-0.2, 0) is 4.79 Å². The van der Waals surface area contributed by atoms with Gasteiger partial charge in [-0.3, -0.25) is 9.59 Å². The van der Waals surface area contributed by atoms with E-state index in [0.29, 0.717) is 11.3 Å². The highest BCUT2D eigenvalue weighted by atomic mass is 16.2. The van der Waals surface area contributed by atoms with Crippen molar-refractivity contribution in [2.45, 2.75) is 13.0 Å². The van der Waals surface area contributed by atoms with E-state index in [1.807, 2.05) is 36.4 Å². The second-order valence-corrected chi connectivity index (χ2v) is 5.49. The lowest BCUT2D eigenvalue weighted by molar-refractivity contribution is -0.120. The summed E-state index contributed by atoms with van der Waals surface area (Å²) in [5, 5.41) is 10.6. The molecular weight excluding hydrogens is 318 g/mol. The molecule has 3 N–H and O–H groups in total. The quantitative estimate of drug-likeness (QED) is 0.738. The second kappa shape index (κ2) is 6.96. The number of rotatable bonds is 5. The SMILES string of the molecule is Cc1c(C(=O)NC(C(N)=O)c2ccccc2)nnn1-c1ccccc1. The van der Waals surface area contributed by atoms with Crippen LogP contribution in [0, 0.1) is 6.92 Å². The number of nitrogens with zero attached hydrogens (tertiary/aromatic N) is 3. The number of carbonyl (C=O) groups is 2. The Morgan fingerprint density at radius 1 is 1.04 bits per heavy atom. The van der Waals surface area contributed by atoms with Gasteiger partial charge in [0.25, 0.3) is 5.91 Å². The molecule has 0 saturated carbocycles. The Hall–Kier alpha value is -3.48. The van der Waals surface area contributed by atoms with E-state index >= 15 is 0 Å². The molecule has 1 atom stereocenters. The van der Waals surface area contributed by atoms with Crippen molar-refractivity contribution in [3.8, 4) is 5.69 Å². The Morgan fingerprint density at radius 3 is 2.24 bits per heavy atom. The Labute approximate surface area is 144 Å². The molecule has 25 heavy (non-hydrogen) atoms. The Morgan fingerprint density at radius 2 is 1.64 bits per heavy atom. The third kappa shape index (κ3) is 3.40. The molecule has 0 bridgehead atoms. The van der Waals surface area contributed by atoms with E-state index in [2.05, 4.69) is 15.6 Å². The maximum atomic E-state index is 12.6. The van der Waals surface area contributed by atoms with E-state index in [4.69, 9.17) is 5.73 Å². The zero-order chi connectivity index (χ0) is 17.8. The summed E-state index contributed by atoms with van der Waals surface area (Å²) < 4.78 is 1.57. The van der Waals surface area contributed by atoms with Gasteiger partial charge in [0.2, 0.25) is 5.91 Å². The Balaban J connectivity index is 1.86. The van der Waals surface area contributed by atoms with Crippen molar-refractivity contribution < 1.29 is 9.59 Å². The van der Waals surface area contributed by atoms with Gasteiger partial charge in [-0.05, 0) is 24.6 Å². The van der Waals surface area contributed by atoms with Crippen LogP contribution in [0.25, 0.3) is 5.69 Å². The maximum Gasteiger partial charge on any atom is 0.274 e. The largest absolute Gasteiger partial charge is 0.368 e. The molecule has 1 aromatic heterocycles. The summed E-state index contributed by atoms with van der Waals surface area (Å²) in [6, 6.07) is 17.2. The molecular formula is C18H17N5O2. The van der Waals surface area contributed by atoms with Crippen LogP contribution in [0.1, 0.15) is 27.8 Å². The second-order valence-electron chi connectivity index (χ2n) is 5.49. The van der Waals surface area contributed by atoms with Crippen LogP contribution >= 0.6 is 0 Å². The highest BCUT2D eigenvalue weighted by molar-refractivity contribution is 5.96. The molecule has 2 aromatic carbocycles. The lowest BCUT2D eigenvalue weighted by Gasteiger charge is -2.15. The number of nitrogens with one attached hydrogen (secondary N) is 1. The highest BCUT2D eigenvalue weighted by Crippen LogP contribution is 2.15. The van der Waals surface area contributed by atoms with Crippen molar-refractivity contribution in [3.05, 3.63) is 77.6 Å². The molecule has 7 nitrogen and oxygen atoms in total. The average Bonchev–Trinajstić information content (AvgIpc) is 3.02. The van der Waals surface area contributed by atoms with Gasteiger partial charge in [-0.1, -0.05) is 53.7 Å². The summed E-state index contributed by atoms with van der Waals surface area (Å²) >= 11 is 0. The van der Waals surface area contributed by atoms with Gasteiger partial charge >= 0.3 is 0 Å². The first kappa shape index (κ1) is 16.4. The van der Waals surface area contributed by atoms with E-state index < -0.39 is 17.9 Å². The maximum absolute atomic E-state index is 12.6. The van der Waals surface area contributed by atoms with Crippen LogP contribution in [0.3, 0.4) is 0 Å². The Bertz CT molecular complexity index is 890. The Kier molecular flexibility index (Phi) is 4.56. The van der Waals surface area contributed by atoms with E-state index in [-0.39, 0.29) is 5.69 Å². The van der Waals surface area contributed by atoms with Crippen molar-refractivity contribution in [1.82, 2.24) is 20.3 Å². The normalized spacial score (nSPS) is 11.7.